The van der Waals surface area contributed by atoms with Crippen molar-refractivity contribution >= 4 is 23.5 Å². The third kappa shape index (κ3) is 5.06. The van der Waals surface area contributed by atoms with Crippen LogP contribution in [0.1, 0.15) is 22.3 Å². The van der Waals surface area contributed by atoms with E-state index in [1.165, 1.54) is 11.8 Å². The lowest BCUT2D eigenvalue weighted by Crippen LogP contribution is -2.19. The quantitative estimate of drug-likeness (QED) is 0.399. The van der Waals surface area contributed by atoms with Crippen LogP contribution >= 0.6 is 11.8 Å². The van der Waals surface area contributed by atoms with Crippen molar-refractivity contribution in [1.82, 2.24) is 30.0 Å². The van der Waals surface area contributed by atoms with Crippen molar-refractivity contribution in [1.29, 1.82) is 0 Å². The third-order valence-electron chi connectivity index (χ3n) is 5.35. The van der Waals surface area contributed by atoms with Gasteiger partial charge in [0, 0.05) is 5.56 Å². The van der Waals surface area contributed by atoms with Crippen LogP contribution in [0.2, 0.25) is 0 Å². The summed E-state index contributed by atoms with van der Waals surface area (Å²) in [6, 6.07) is 13.7. The number of hydrogen-bond acceptors (Lipinski definition) is 7. The van der Waals surface area contributed by atoms with Crippen LogP contribution < -0.4 is 10.1 Å². The van der Waals surface area contributed by atoms with Crippen LogP contribution in [0.5, 0.6) is 5.75 Å². The first kappa shape index (κ1) is 22.5. The first-order valence-electron chi connectivity index (χ1n) is 10.4. The maximum Gasteiger partial charge on any atom is 0.236 e. The highest BCUT2D eigenvalue weighted by Crippen LogP contribution is 2.23. The van der Waals surface area contributed by atoms with Crippen LogP contribution in [0, 0.1) is 20.8 Å². The molecule has 33 heavy (non-hydrogen) atoms. The van der Waals surface area contributed by atoms with Gasteiger partial charge >= 0.3 is 0 Å². The van der Waals surface area contributed by atoms with Gasteiger partial charge in [0.2, 0.25) is 11.1 Å². The molecule has 0 unspecified atom stereocenters. The third-order valence-corrected chi connectivity index (χ3v) is 6.27. The number of amides is 1. The Labute approximate surface area is 196 Å². The fourth-order valence-corrected chi connectivity index (χ4v) is 4.03. The van der Waals surface area contributed by atoms with Gasteiger partial charge in [-0.15, -0.1) is 5.10 Å². The van der Waals surface area contributed by atoms with Gasteiger partial charge in [0.15, 0.2) is 0 Å². The number of ether oxygens (including phenoxy) is 1. The van der Waals surface area contributed by atoms with Crippen LogP contribution in [0.15, 0.2) is 53.8 Å². The van der Waals surface area contributed by atoms with Crippen molar-refractivity contribution in [3.63, 3.8) is 0 Å². The maximum absolute atomic E-state index is 12.7. The molecule has 4 aromatic rings. The summed E-state index contributed by atoms with van der Waals surface area (Å²) in [6.07, 6.45) is 1.74. The van der Waals surface area contributed by atoms with Crippen molar-refractivity contribution < 1.29 is 9.53 Å². The van der Waals surface area contributed by atoms with Gasteiger partial charge in [0.25, 0.3) is 0 Å². The molecule has 9 nitrogen and oxygen atoms in total. The number of carbonyl (C=O) groups is 1. The molecule has 0 saturated heterocycles. The summed E-state index contributed by atoms with van der Waals surface area (Å²) >= 11 is 1.28. The molecule has 1 N–H and O–H groups in total. The van der Waals surface area contributed by atoms with Gasteiger partial charge < -0.3 is 10.1 Å². The SMILES string of the molecule is COc1ccc(Cn2ncc(C)c2NC(=O)CSc2nnnn2-c2cccc(C)c2C)cc1. The van der Waals surface area contributed by atoms with Crippen molar-refractivity contribution in [2.75, 3.05) is 18.2 Å². The second-order valence-corrected chi connectivity index (χ2v) is 8.55. The minimum atomic E-state index is -0.157. The molecule has 2 aromatic carbocycles. The summed E-state index contributed by atoms with van der Waals surface area (Å²) in [5.74, 6) is 1.48. The predicted molar refractivity (Wildman–Crippen MR) is 127 cm³/mol. The topological polar surface area (TPSA) is 99.8 Å². The molecule has 0 fully saturated rings. The number of rotatable bonds is 8. The fourth-order valence-electron chi connectivity index (χ4n) is 3.35. The van der Waals surface area contributed by atoms with Crippen molar-refractivity contribution in [3.05, 3.63) is 70.9 Å². The molecule has 0 spiro atoms. The first-order chi connectivity index (χ1) is 16.0. The molecule has 2 heterocycles. The Morgan fingerprint density at radius 2 is 1.88 bits per heavy atom. The molecule has 4 rings (SSSR count). The highest BCUT2D eigenvalue weighted by atomic mass is 32.2. The van der Waals surface area contributed by atoms with Crippen LogP contribution in [-0.2, 0) is 11.3 Å². The number of tetrazole rings is 1. The zero-order chi connectivity index (χ0) is 23.4. The Bertz CT molecular complexity index is 1260. The second kappa shape index (κ2) is 9.86. The Kier molecular flexibility index (Phi) is 6.74. The number of nitrogens with one attached hydrogen (secondary N) is 1. The number of benzene rings is 2. The van der Waals surface area contributed by atoms with Gasteiger partial charge in [-0.1, -0.05) is 36.0 Å². The zero-order valence-electron chi connectivity index (χ0n) is 18.9. The smallest absolute Gasteiger partial charge is 0.236 e. The van der Waals surface area contributed by atoms with Crippen LogP contribution in [0.25, 0.3) is 5.69 Å². The van der Waals surface area contributed by atoms with E-state index in [1.54, 1.807) is 22.7 Å². The monoisotopic (exact) mass is 463 g/mol. The summed E-state index contributed by atoms with van der Waals surface area (Å²) in [4.78, 5) is 12.7. The van der Waals surface area contributed by atoms with Gasteiger partial charge in [-0.2, -0.15) is 9.78 Å². The van der Waals surface area contributed by atoms with Crippen molar-refractivity contribution in [2.45, 2.75) is 32.5 Å². The predicted octanol–water partition coefficient (Wildman–Crippen LogP) is 3.57. The van der Waals surface area contributed by atoms with E-state index in [0.717, 1.165) is 33.7 Å². The summed E-state index contributed by atoms with van der Waals surface area (Å²) in [7, 11) is 1.64. The Morgan fingerprint density at radius 3 is 2.64 bits per heavy atom. The molecular weight excluding hydrogens is 438 g/mol. The molecule has 0 aliphatic carbocycles. The Hall–Kier alpha value is -3.66. The van der Waals surface area contributed by atoms with Gasteiger partial charge in [-0.3, -0.25) is 4.79 Å². The number of hydrogen-bond donors (Lipinski definition) is 1. The lowest BCUT2D eigenvalue weighted by Gasteiger charge is -2.11. The van der Waals surface area contributed by atoms with Crippen molar-refractivity contribution in [3.8, 4) is 11.4 Å². The molecule has 0 bridgehead atoms. The normalized spacial score (nSPS) is 10.9. The minimum Gasteiger partial charge on any atom is -0.497 e. The average Bonchev–Trinajstić information content (AvgIpc) is 3.42. The van der Waals surface area contributed by atoms with E-state index >= 15 is 0 Å². The number of nitrogens with zero attached hydrogens (tertiary/aromatic N) is 6. The molecular formula is C23H25N7O2S. The fraction of sp³-hybridized carbons (Fsp3) is 0.261. The summed E-state index contributed by atoms with van der Waals surface area (Å²) in [6.45, 7) is 6.52. The summed E-state index contributed by atoms with van der Waals surface area (Å²) in [5, 5.41) is 20.0. The van der Waals surface area contributed by atoms with Gasteiger partial charge in [0.05, 0.1) is 31.3 Å². The van der Waals surface area contributed by atoms with E-state index in [-0.39, 0.29) is 11.7 Å². The highest BCUT2D eigenvalue weighted by molar-refractivity contribution is 7.99. The van der Waals surface area contributed by atoms with E-state index in [2.05, 4.69) is 25.9 Å². The van der Waals surface area contributed by atoms with Crippen LogP contribution in [-0.4, -0.2) is 48.8 Å². The van der Waals surface area contributed by atoms with Crippen molar-refractivity contribution in [2.24, 2.45) is 0 Å². The highest BCUT2D eigenvalue weighted by Gasteiger charge is 2.16. The number of thioether (sulfide) groups is 1. The Morgan fingerprint density at radius 1 is 1.09 bits per heavy atom. The number of aromatic nitrogens is 6. The van der Waals surface area contributed by atoms with Gasteiger partial charge in [-0.25, -0.2) is 4.68 Å². The molecule has 170 valence electrons. The molecule has 2 aromatic heterocycles. The first-order valence-corrected chi connectivity index (χ1v) is 11.4. The average molecular weight is 464 g/mol. The van der Waals surface area contributed by atoms with E-state index < -0.39 is 0 Å². The van der Waals surface area contributed by atoms with Crippen LogP contribution in [0.4, 0.5) is 5.82 Å². The lowest BCUT2D eigenvalue weighted by atomic mass is 10.1. The zero-order valence-corrected chi connectivity index (χ0v) is 19.8. The largest absolute Gasteiger partial charge is 0.497 e. The van der Waals surface area contributed by atoms with E-state index in [1.807, 2.05) is 63.2 Å². The molecule has 1 amide bonds. The Balaban J connectivity index is 1.43. The summed E-state index contributed by atoms with van der Waals surface area (Å²) in [5.41, 5.74) is 5.08. The van der Waals surface area contributed by atoms with E-state index in [4.69, 9.17) is 4.74 Å². The number of aryl methyl sites for hydroxylation is 2. The number of methoxy groups -OCH3 is 1. The standard InChI is InChI=1S/C23H25N7O2S/c1-15-6-5-7-20(17(15)3)30-23(26-27-28-30)33-14-21(31)25-22-16(2)12-24-29(22)13-18-8-10-19(32-4)11-9-18/h5-12H,13-14H2,1-4H3,(H,25,31). The molecule has 0 atom stereocenters. The molecule has 0 radical (unpaired) electrons. The van der Waals surface area contributed by atoms with Gasteiger partial charge in [-0.05, 0) is 66.1 Å². The number of carbonyl (C=O) groups excluding carboxylic acids is 1. The summed E-state index contributed by atoms with van der Waals surface area (Å²) < 4.78 is 8.65. The number of anilines is 1. The molecule has 10 heteroatoms. The lowest BCUT2D eigenvalue weighted by molar-refractivity contribution is -0.113. The molecule has 0 aliphatic heterocycles. The van der Waals surface area contributed by atoms with E-state index in [0.29, 0.717) is 17.5 Å². The van der Waals surface area contributed by atoms with Crippen LogP contribution in [0.3, 0.4) is 0 Å². The maximum atomic E-state index is 12.7. The second-order valence-electron chi connectivity index (χ2n) is 7.61. The van der Waals surface area contributed by atoms with Gasteiger partial charge in [0.1, 0.15) is 11.6 Å². The molecule has 0 saturated carbocycles. The van der Waals surface area contributed by atoms with E-state index in [9.17, 15) is 4.79 Å². The minimum absolute atomic E-state index is 0.157. The molecule has 0 aliphatic rings.